The van der Waals surface area contributed by atoms with E-state index in [2.05, 4.69) is 0 Å². The van der Waals surface area contributed by atoms with Gasteiger partial charge in [-0.25, -0.2) is 0 Å². The zero-order chi connectivity index (χ0) is 15.6. The maximum Gasteiger partial charge on any atom is 0.254 e. The lowest BCUT2D eigenvalue weighted by Gasteiger charge is -2.25. The fourth-order valence-corrected chi connectivity index (χ4v) is 2.13. The Balaban J connectivity index is 2.23. The van der Waals surface area contributed by atoms with Crippen LogP contribution in [0.2, 0.25) is 0 Å². The first kappa shape index (κ1) is 15.0. The Kier molecular flexibility index (Phi) is 4.26. The van der Waals surface area contributed by atoms with Gasteiger partial charge in [-0.1, -0.05) is 29.8 Å². The number of carbonyl (C=O) groups is 1. The lowest BCUT2D eigenvalue weighted by Crippen LogP contribution is -2.31. The number of hydrogen-bond donors (Lipinski definition) is 0. The van der Waals surface area contributed by atoms with Crippen LogP contribution < -0.4 is 5.56 Å². The van der Waals surface area contributed by atoms with Crippen LogP contribution in [0.25, 0.3) is 0 Å². The highest BCUT2D eigenvalue weighted by Gasteiger charge is 2.19. The van der Waals surface area contributed by atoms with Crippen LogP contribution in [0.4, 0.5) is 0 Å². The average Bonchev–Trinajstić information content (AvgIpc) is 2.48. The summed E-state index contributed by atoms with van der Waals surface area (Å²) in [6, 6.07) is 11.1. The van der Waals surface area contributed by atoms with Gasteiger partial charge in [-0.3, -0.25) is 9.59 Å². The molecule has 0 radical (unpaired) electrons. The first-order valence-electron chi connectivity index (χ1n) is 6.90. The van der Waals surface area contributed by atoms with Crippen molar-refractivity contribution in [2.24, 2.45) is 7.05 Å². The zero-order valence-electron chi connectivity index (χ0n) is 12.8. The Labute approximate surface area is 124 Å². The number of rotatable bonds is 3. The van der Waals surface area contributed by atoms with Gasteiger partial charge in [-0.15, -0.1) is 0 Å². The number of aryl methyl sites for hydroxylation is 2. The van der Waals surface area contributed by atoms with Crippen molar-refractivity contribution < 1.29 is 4.79 Å². The molecule has 1 aromatic heterocycles. The number of nitrogens with zero attached hydrogens (tertiary/aromatic N) is 2. The van der Waals surface area contributed by atoms with E-state index < -0.39 is 0 Å². The Bertz CT molecular complexity index is 701. The van der Waals surface area contributed by atoms with Gasteiger partial charge < -0.3 is 9.47 Å². The van der Waals surface area contributed by atoms with Gasteiger partial charge in [0.2, 0.25) is 0 Å². The molecule has 1 amide bonds. The van der Waals surface area contributed by atoms with Gasteiger partial charge in [-0.05, 0) is 25.5 Å². The number of benzene rings is 1. The van der Waals surface area contributed by atoms with E-state index in [4.69, 9.17) is 0 Å². The van der Waals surface area contributed by atoms with Crippen LogP contribution >= 0.6 is 0 Å². The fourth-order valence-electron chi connectivity index (χ4n) is 2.13. The normalized spacial score (nSPS) is 12.0. The van der Waals surface area contributed by atoms with Gasteiger partial charge in [0.05, 0.1) is 6.04 Å². The molecular formula is C17H20N2O2. The molecule has 110 valence electrons. The second kappa shape index (κ2) is 5.95. The van der Waals surface area contributed by atoms with Crippen LogP contribution in [-0.4, -0.2) is 22.4 Å². The Morgan fingerprint density at radius 1 is 1.19 bits per heavy atom. The molecule has 0 aliphatic carbocycles. The molecule has 1 heterocycles. The van der Waals surface area contributed by atoms with Crippen molar-refractivity contribution >= 4 is 5.91 Å². The third kappa shape index (κ3) is 3.21. The summed E-state index contributed by atoms with van der Waals surface area (Å²) in [6.07, 6.45) is 1.61. The molecule has 1 aromatic carbocycles. The number of carbonyl (C=O) groups excluding carboxylic acids is 1. The number of aromatic nitrogens is 1. The van der Waals surface area contributed by atoms with Crippen molar-refractivity contribution in [3.63, 3.8) is 0 Å². The maximum atomic E-state index is 12.5. The largest absolute Gasteiger partial charge is 0.335 e. The highest BCUT2D eigenvalue weighted by atomic mass is 16.2. The Morgan fingerprint density at radius 3 is 2.38 bits per heavy atom. The Morgan fingerprint density at radius 2 is 1.81 bits per heavy atom. The molecule has 2 rings (SSSR count). The highest BCUT2D eigenvalue weighted by Crippen LogP contribution is 2.20. The summed E-state index contributed by atoms with van der Waals surface area (Å²) in [5.41, 5.74) is 2.49. The summed E-state index contributed by atoms with van der Waals surface area (Å²) >= 11 is 0. The maximum absolute atomic E-state index is 12.5. The molecule has 0 fully saturated rings. The molecule has 0 N–H and O–H groups in total. The minimum Gasteiger partial charge on any atom is -0.335 e. The van der Waals surface area contributed by atoms with Crippen LogP contribution in [0.1, 0.15) is 34.5 Å². The van der Waals surface area contributed by atoms with Gasteiger partial charge in [0.25, 0.3) is 11.5 Å². The molecule has 0 saturated heterocycles. The lowest BCUT2D eigenvalue weighted by atomic mass is 10.0. The van der Waals surface area contributed by atoms with Crippen LogP contribution in [0.15, 0.2) is 47.4 Å². The van der Waals surface area contributed by atoms with E-state index in [1.807, 2.05) is 38.1 Å². The summed E-state index contributed by atoms with van der Waals surface area (Å²) in [4.78, 5) is 25.8. The highest BCUT2D eigenvalue weighted by molar-refractivity contribution is 5.94. The third-order valence-electron chi connectivity index (χ3n) is 3.81. The molecule has 21 heavy (non-hydrogen) atoms. The second-order valence-corrected chi connectivity index (χ2v) is 5.37. The molecule has 4 nitrogen and oxygen atoms in total. The van der Waals surface area contributed by atoms with Crippen molar-refractivity contribution in [3.05, 3.63) is 69.6 Å². The number of hydrogen-bond acceptors (Lipinski definition) is 2. The summed E-state index contributed by atoms with van der Waals surface area (Å²) in [6.45, 7) is 4.01. The number of amides is 1. The smallest absolute Gasteiger partial charge is 0.254 e. The molecule has 2 aromatic rings. The topological polar surface area (TPSA) is 42.3 Å². The first-order valence-corrected chi connectivity index (χ1v) is 6.90. The van der Waals surface area contributed by atoms with Gasteiger partial charge in [0, 0.05) is 31.9 Å². The lowest BCUT2D eigenvalue weighted by molar-refractivity contribution is 0.0742. The van der Waals surface area contributed by atoms with Gasteiger partial charge >= 0.3 is 0 Å². The minimum absolute atomic E-state index is 0.0536. The average molecular weight is 284 g/mol. The van der Waals surface area contributed by atoms with E-state index in [1.54, 1.807) is 31.3 Å². The summed E-state index contributed by atoms with van der Waals surface area (Å²) in [5.74, 6) is -0.152. The van der Waals surface area contributed by atoms with Crippen LogP contribution in [-0.2, 0) is 7.05 Å². The standard InChI is InChI=1S/C17H20N2O2/c1-12-5-7-14(8-6-12)13(2)19(4)17(21)15-9-10-18(3)16(20)11-15/h5-11,13H,1-4H3. The monoisotopic (exact) mass is 284 g/mol. The van der Waals surface area contributed by atoms with Gasteiger partial charge in [-0.2, -0.15) is 0 Å². The second-order valence-electron chi connectivity index (χ2n) is 5.37. The molecule has 1 unspecified atom stereocenters. The molecule has 0 saturated carbocycles. The molecule has 0 spiro atoms. The van der Waals surface area contributed by atoms with Crippen molar-refractivity contribution in [2.75, 3.05) is 7.05 Å². The molecule has 0 aliphatic heterocycles. The molecule has 0 aliphatic rings. The van der Waals surface area contributed by atoms with Gasteiger partial charge in [0.15, 0.2) is 0 Å². The van der Waals surface area contributed by atoms with Crippen molar-refractivity contribution in [1.29, 1.82) is 0 Å². The van der Waals surface area contributed by atoms with E-state index in [0.717, 1.165) is 5.56 Å². The number of pyridine rings is 1. The first-order chi connectivity index (χ1) is 9.90. The van der Waals surface area contributed by atoms with Crippen LogP contribution in [0.3, 0.4) is 0 Å². The van der Waals surface area contributed by atoms with Crippen molar-refractivity contribution in [2.45, 2.75) is 19.9 Å². The quantitative estimate of drug-likeness (QED) is 0.869. The van der Waals surface area contributed by atoms with Crippen molar-refractivity contribution in [3.8, 4) is 0 Å². The minimum atomic E-state index is -0.183. The molecule has 1 atom stereocenters. The molecule has 4 heteroatoms. The van der Waals surface area contributed by atoms with E-state index in [9.17, 15) is 9.59 Å². The van der Waals surface area contributed by atoms with Crippen LogP contribution in [0, 0.1) is 6.92 Å². The van der Waals surface area contributed by atoms with Gasteiger partial charge in [0.1, 0.15) is 0 Å². The van der Waals surface area contributed by atoms with Crippen LogP contribution in [0.5, 0.6) is 0 Å². The molecular weight excluding hydrogens is 264 g/mol. The predicted octanol–water partition coefficient (Wildman–Crippen LogP) is 2.53. The van der Waals surface area contributed by atoms with E-state index in [1.165, 1.54) is 16.2 Å². The predicted molar refractivity (Wildman–Crippen MR) is 83.4 cm³/mol. The van der Waals surface area contributed by atoms with E-state index >= 15 is 0 Å². The zero-order valence-corrected chi connectivity index (χ0v) is 12.8. The summed E-state index contributed by atoms with van der Waals surface area (Å²) in [7, 11) is 3.42. The van der Waals surface area contributed by atoms with E-state index in [0.29, 0.717) is 5.56 Å². The Hall–Kier alpha value is -2.36. The summed E-state index contributed by atoms with van der Waals surface area (Å²) in [5, 5.41) is 0. The summed E-state index contributed by atoms with van der Waals surface area (Å²) < 4.78 is 1.44. The SMILES string of the molecule is Cc1ccc(C(C)N(C)C(=O)c2ccn(C)c(=O)c2)cc1. The third-order valence-corrected chi connectivity index (χ3v) is 3.81. The van der Waals surface area contributed by atoms with E-state index in [-0.39, 0.29) is 17.5 Å². The molecule has 0 bridgehead atoms. The fraction of sp³-hybridized carbons (Fsp3) is 0.294. The van der Waals surface area contributed by atoms with Crippen molar-refractivity contribution in [1.82, 2.24) is 9.47 Å².